The van der Waals surface area contributed by atoms with E-state index in [-0.39, 0.29) is 15.9 Å². The van der Waals surface area contributed by atoms with Crippen LogP contribution in [0.2, 0.25) is 5.02 Å². The summed E-state index contributed by atoms with van der Waals surface area (Å²) in [7, 11) is 0. The van der Waals surface area contributed by atoms with Crippen LogP contribution in [0, 0.1) is 11.5 Å². The quantitative estimate of drug-likeness (QED) is 0.311. The maximum Gasteiger partial charge on any atom is 0.416 e. The summed E-state index contributed by atoms with van der Waals surface area (Å²) in [4.78, 5) is 3.48. The summed E-state index contributed by atoms with van der Waals surface area (Å²) in [6, 6.07) is 3.06. The summed E-state index contributed by atoms with van der Waals surface area (Å²) in [5, 5.41) is 8.63. The molecule has 19 heavy (non-hydrogen) atoms. The Bertz CT molecular complexity index is 542. The first-order chi connectivity index (χ1) is 8.79. The van der Waals surface area contributed by atoms with Crippen LogP contribution in [0.3, 0.4) is 0 Å². The van der Waals surface area contributed by atoms with Crippen molar-refractivity contribution in [3.63, 3.8) is 0 Å². The normalized spacial score (nSPS) is 12.2. The zero-order valence-electron chi connectivity index (χ0n) is 9.37. The lowest BCUT2D eigenvalue weighted by Crippen LogP contribution is -2.17. The van der Waals surface area contributed by atoms with Crippen molar-refractivity contribution in [2.75, 3.05) is 10.2 Å². The van der Waals surface area contributed by atoms with Gasteiger partial charge in [-0.05, 0) is 24.5 Å². The average molecular weight is 373 g/mol. The molecular weight excluding hydrogens is 367 g/mol. The van der Waals surface area contributed by atoms with Crippen molar-refractivity contribution < 1.29 is 13.2 Å². The molecule has 102 valence electrons. The molecule has 0 N–H and O–H groups in total. The van der Waals surface area contributed by atoms with Crippen molar-refractivity contribution in [2.45, 2.75) is 6.18 Å². The van der Waals surface area contributed by atoms with E-state index in [9.17, 15) is 13.2 Å². The molecule has 9 heteroatoms. The number of hydrogen-bond acceptors (Lipinski definition) is 3. The molecule has 0 radical (unpaired) electrons. The Hall–Kier alpha value is -0.910. The first-order valence-corrected chi connectivity index (χ1v) is 6.95. The maximum atomic E-state index is 12.7. The summed E-state index contributed by atoms with van der Waals surface area (Å²) in [6.45, 7) is 0. The van der Waals surface area contributed by atoms with Crippen LogP contribution in [-0.4, -0.2) is 11.4 Å². The van der Waals surface area contributed by atoms with Gasteiger partial charge in [-0.3, -0.25) is 3.93 Å². The highest BCUT2D eigenvalue weighted by atomic mass is 79.9. The Kier molecular flexibility index (Phi) is 5.52. The second kappa shape index (κ2) is 6.50. The van der Waals surface area contributed by atoms with Gasteiger partial charge in [0.05, 0.1) is 27.4 Å². The predicted octanol–water partition coefficient (Wildman–Crippen LogP) is 4.68. The van der Waals surface area contributed by atoms with Crippen LogP contribution in [0.5, 0.6) is 0 Å². The second-order valence-corrected chi connectivity index (χ2v) is 5.09. The van der Waals surface area contributed by atoms with Gasteiger partial charge in [-0.2, -0.15) is 18.4 Å². The predicted molar refractivity (Wildman–Crippen MR) is 74.4 cm³/mol. The van der Waals surface area contributed by atoms with E-state index in [2.05, 4.69) is 21.1 Å². The molecule has 0 saturated heterocycles. The van der Waals surface area contributed by atoms with Crippen LogP contribution in [0.1, 0.15) is 5.56 Å². The van der Waals surface area contributed by atoms with Gasteiger partial charge in [0.1, 0.15) is 0 Å². The van der Waals surface area contributed by atoms with Gasteiger partial charge in [0.15, 0.2) is 5.17 Å². The number of nitriles is 1. The van der Waals surface area contributed by atoms with Crippen molar-refractivity contribution in [2.24, 2.45) is 4.99 Å². The molecule has 1 rings (SSSR count). The fraction of sp³-hybridized carbons (Fsp3) is 0.200. The number of thioether (sulfide) groups is 1. The van der Waals surface area contributed by atoms with Crippen molar-refractivity contribution >= 4 is 50.4 Å². The topological polar surface area (TPSA) is 39.4 Å². The summed E-state index contributed by atoms with van der Waals surface area (Å²) >= 11 is 9.82. The number of halogens is 5. The number of aliphatic imine (C=N–C) groups is 1. The Labute approximate surface area is 125 Å². The van der Waals surface area contributed by atoms with E-state index in [1.165, 1.54) is 9.99 Å². The van der Waals surface area contributed by atoms with Crippen LogP contribution < -0.4 is 3.93 Å². The van der Waals surface area contributed by atoms with Crippen LogP contribution >= 0.6 is 39.5 Å². The van der Waals surface area contributed by atoms with Crippen LogP contribution in [-0.2, 0) is 6.18 Å². The minimum atomic E-state index is -4.50. The van der Waals surface area contributed by atoms with Crippen LogP contribution in [0.4, 0.5) is 18.9 Å². The SMILES string of the molecule is CSC(=NC#N)N(Br)c1cc(Cl)cc(C(F)(F)F)c1. The molecule has 0 aliphatic carbocycles. The lowest BCUT2D eigenvalue weighted by atomic mass is 10.2. The molecule has 0 amide bonds. The van der Waals surface area contributed by atoms with E-state index in [1.54, 1.807) is 12.4 Å². The van der Waals surface area contributed by atoms with Crippen molar-refractivity contribution in [3.05, 3.63) is 28.8 Å². The van der Waals surface area contributed by atoms with Gasteiger partial charge >= 0.3 is 6.18 Å². The number of alkyl halides is 3. The fourth-order valence-electron chi connectivity index (χ4n) is 1.17. The summed E-state index contributed by atoms with van der Waals surface area (Å²) in [5.74, 6) is 0. The van der Waals surface area contributed by atoms with Crippen LogP contribution in [0.15, 0.2) is 23.2 Å². The molecule has 0 heterocycles. The smallest absolute Gasteiger partial charge is 0.254 e. The van der Waals surface area contributed by atoms with Gasteiger partial charge in [0, 0.05) is 5.02 Å². The number of benzene rings is 1. The molecule has 0 aliphatic rings. The molecule has 0 fully saturated rings. The number of nitrogens with zero attached hydrogens (tertiary/aromatic N) is 3. The third-order valence-electron chi connectivity index (χ3n) is 1.93. The minimum absolute atomic E-state index is 0.0633. The van der Waals surface area contributed by atoms with E-state index in [4.69, 9.17) is 16.9 Å². The monoisotopic (exact) mass is 371 g/mol. The van der Waals surface area contributed by atoms with Crippen molar-refractivity contribution in [1.29, 1.82) is 5.26 Å². The number of rotatable bonds is 1. The second-order valence-electron chi connectivity index (χ2n) is 3.18. The van der Waals surface area contributed by atoms with Gasteiger partial charge in [0.2, 0.25) is 6.19 Å². The van der Waals surface area contributed by atoms with E-state index < -0.39 is 11.7 Å². The lowest BCUT2D eigenvalue weighted by Gasteiger charge is -2.18. The standard InChI is InChI=1S/C10H6BrClF3N3S/c1-19-9(17-5-16)18(11)8-3-6(10(13,14)15)2-7(12)4-8/h2-4H,1H3. The summed E-state index contributed by atoms with van der Waals surface area (Å²) in [6.07, 6.45) is -1.29. The summed E-state index contributed by atoms with van der Waals surface area (Å²) < 4.78 is 39.2. The number of hydrogen-bond donors (Lipinski definition) is 0. The number of amidine groups is 1. The summed E-state index contributed by atoms with van der Waals surface area (Å²) in [5.41, 5.74) is -0.750. The molecule has 0 aromatic heterocycles. The van der Waals surface area contributed by atoms with Gasteiger partial charge in [-0.25, -0.2) is 0 Å². The Morgan fingerprint density at radius 3 is 2.58 bits per heavy atom. The molecule has 0 aliphatic heterocycles. The molecule has 0 saturated carbocycles. The van der Waals surface area contributed by atoms with Crippen LogP contribution in [0.25, 0.3) is 0 Å². The average Bonchev–Trinajstić information content (AvgIpc) is 2.33. The maximum absolute atomic E-state index is 12.7. The highest BCUT2D eigenvalue weighted by Gasteiger charge is 2.31. The number of anilines is 1. The molecule has 3 nitrogen and oxygen atoms in total. The Balaban J connectivity index is 3.25. The van der Waals surface area contributed by atoms with Gasteiger partial charge < -0.3 is 0 Å². The highest BCUT2D eigenvalue weighted by Crippen LogP contribution is 2.35. The van der Waals surface area contributed by atoms with E-state index in [0.29, 0.717) is 0 Å². The Morgan fingerprint density at radius 1 is 1.47 bits per heavy atom. The molecule has 1 aromatic carbocycles. The van der Waals surface area contributed by atoms with Gasteiger partial charge in [-0.1, -0.05) is 23.4 Å². The minimum Gasteiger partial charge on any atom is -0.254 e. The first-order valence-electron chi connectivity index (χ1n) is 4.64. The lowest BCUT2D eigenvalue weighted by molar-refractivity contribution is -0.137. The molecule has 1 aromatic rings. The van der Waals surface area contributed by atoms with E-state index >= 15 is 0 Å². The molecule has 0 atom stereocenters. The van der Waals surface area contributed by atoms with E-state index in [1.807, 2.05) is 0 Å². The van der Waals surface area contributed by atoms with E-state index in [0.717, 1.165) is 23.9 Å². The van der Waals surface area contributed by atoms with Crippen molar-refractivity contribution in [3.8, 4) is 6.19 Å². The van der Waals surface area contributed by atoms with Gasteiger partial charge in [-0.15, -0.1) is 4.99 Å². The Morgan fingerprint density at radius 2 is 2.11 bits per heavy atom. The largest absolute Gasteiger partial charge is 0.416 e. The molecular formula is C10H6BrClF3N3S. The molecule has 0 unspecified atom stereocenters. The molecule has 0 spiro atoms. The zero-order chi connectivity index (χ0) is 14.6. The van der Waals surface area contributed by atoms with Crippen molar-refractivity contribution in [1.82, 2.24) is 0 Å². The first kappa shape index (κ1) is 16.1. The fourth-order valence-corrected chi connectivity index (χ4v) is 2.52. The molecule has 0 bridgehead atoms. The zero-order valence-corrected chi connectivity index (χ0v) is 12.5. The highest BCUT2D eigenvalue weighted by molar-refractivity contribution is 9.10. The van der Waals surface area contributed by atoms with Gasteiger partial charge in [0.25, 0.3) is 0 Å². The third kappa shape index (κ3) is 4.30. The third-order valence-corrected chi connectivity index (χ3v) is 3.77.